The average molecular weight is 326 g/mol. The van der Waals surface area contributed by atoms with Gasteiger partial charge in [0.1, 0.15) is 0 Å². The van der Waals surface area contributed by atoms with Crippen molar-refractivity contribution in [3.63, 3.8) is 0 Å². The predicted octanol–water partition coefficient (Wildman–Crippen LogP) is 5.08. The van der Waals surface area contributed by atoms with Crippen LogP contribution in [0.1, 0.15) is 0 Å². The summed E-state index contributed by atoms with van der Waals surface area (Å²) in [5.74, 6) is 0. The van der Waals surface area contributed by atoms with E-state index in [4.69, 9.17) is 11.6 Å². The van der Waals surface area contributed by atoms with Gasteiger partial charge in [0.2, 0.25) is 0 Å². The molecular weight excluding hydrogens is 323 g/mol. The van der Waals surface area contributed by atoms with Gasteiger partial charge < -0.3 is 0 Å². The van der Waals surface area contributed by atoms with Crippen molar-refractivity contribution in [1.29, 1.82) is 0 Å². The minimum Gasteiger partial charge on any atom is -0.141 e. The number of halogens is 3. The molecule has 0 fully saturated rings. The van der Waals surface area contributed by atoms with E-state index in [0.717, 1.165) is 24.1 Å². The first-order valence-electron chi connectivity index (χ1n) is 3.21. The summed E-state index contributed by atoms with van der Waals surface area (Å²) >= 11 is 14.6. The third-order valence-electron chi connectivity index (χ3n) is 1.58. The Morgan fingerprint density at radius 1 is 1.17 bits per heavy atom. The lowest BCUT2D eigenvalue weighted by molar-refractivity contribution is 1.76. The molecule has 0 radical (unpaired) electrons. The molecule has 0 bridgehead atoms. The van der Waals surface area contributed by atoms with Crippen LogP contribution in [-0.4, -0.2) is 0 Å². The van der Waals surface area contributed by atoms with E-state index >= 15 is 0 Å². The van der Waals surface area contributed by atoms with Crippen molar-refractivity contribution in [1.82, 2.24) is 0 Å². The lowest BCUT2D eigenvalue weighted by Gasteiger charge is -1.96. The number of hydrogen-bond donors (Lipinski definition) is 0. The number of thiophene rings is 1. The third-order valence-corrected chi connectivity index (χ3v) is 4.61. The maximum absolute atomic E-state index is 6.01. The van der Waals surface area contributed by atoms with Crippen LogP contribution in [0.15, 0.2) is 26.5 Å². The average Bonchev–Trinajstić information content (AvgIpc) is 2.42. The first kappa shape index (κ1) is 9.00. The van der Waals surface area contributed by atoms with Gasteiger partial charge in [-0.05, 0) is 28.1 Å². The zero-order valence-electron chi connectivity index (χ0n) is 5.77. The number of benzene rings is 1. The molecule has 2 rings (SSSR count). The second-order valence-electron chi connectivity index (χ2n) is 2.32. The lowest BCUT2D eigenvalue weighted by Crippen LogP contribution is -1.69. The van der Waals surface area contributed by atoms with E-state index in [1.165, 1.54) is 0 Å². The molecule has 0 unspecified atom stereocenters. The van der Waals surface area contributed by atoms with Crippen LogP contribution in [0, 0.1) is 0 Å². The topological polar surface area (TPSA) is 0 Å². The highest BCUT2D eigenvalue weighted by Crippen LogP contribution is 2.39. The standard InChI is InChI=1S/C8H3Br2ClS/c9-4-1-2-6(11)8-7(4)5(10)3-12-8/h1-3H. The van der Waals surface area contributed by atoms with E-state index < -0.39 is 0 Å². The SMILES string of the molecule is Clc1ccc(Br)c2c(Br)csc12. The van der Waals surface area contributed by atoms with Crippen LogP contribution in [0.25, 0.3) is 10.1 Å². The molecule has 0 aliphatic rings. The van der Waals surface area contributed by atoms with Crippen molar-refractivity contribution in [2.75, 3.05) is 0 Å². The van der Waals surface area contributed by atoms with Crippen LogP contribution in [-0.2, 0) is 0 Å². The Hall–Kier alpha value is 0.430. The van der Waals surface area contributed by atoms with Crippen LogP contribution in [0.4, 0.5) is 0 Å². The molecule has 0 atom stereocenters. The fraction of sp³-hybridized carbons (Fsp3) is 0. The van der Waals surface area contributed by atoms with Crippen molar-refractivity contribution in [3.8, 4) is 0 Å². The van der Waals surface area contributed by atoms with E-state index in [9.17, 15) is 0 Å². The predicted molar refractivity (Wildman–Crippen MR) is 62.2 cm³/mol. The minimum absolute atomic E-state index is 0.809. The third kappa shape index (κ3) is 1.33. The van der Waals surface area contributed by atoms with Gasteiger partial charge in [-0.3, -0.25) is 0 Å². The second kappa shape index (κ2) is 3.29. The maximum Gasteiger partial charge on any atom is 0.0585 e. The van der Waals surface area contributed by atoms with Gasteiger partial charge in [-0.15, -0.1) is 11.3 Å². The van der Waals surface area contributed by atoms with Crippen LogP contribution >= 0.6 is 54.8 Å². The molecule has 1 heterocycles. The van der Waals surface area contributed by atoms with E-state index in [1.54, 1.807) is 11.3 Å². The largest absolute Gasteiger partial charge is 0.141 e. The Labute approximate surface area is 95.8 Å². The normalized spacial score (nSPS) is 10.9. The first-order chi connectivity index (χ1) is 5.70. The molecular formula is C8H3Br2ClS. The Kier molecular flexibility index (Phi) is 2.47. The Balaban J connectivity index is 2.98. The quantitative estimate of drug-likeness (QED) is 0.633. The maximum atomic E-state index is 6.01. The van der Waals surface area contributed by atoms with Crippen molar-refractivity contribution < 1.29 is 0 Å². The summed E-state index contributed by atoms with van der Waals surface area (Å²) < 4.78 is 3.30. The van der Waals surface area contributed by atoms with Gasteiger partial charge in [-0.2, -0.15) is 0 Å². The fourth-order valence-corrected chi connectivity index (χ4v) is 3.95. The summed E-state index contributed by atoms with van der Waals surface area (Å²) in [6.45, 7) is 0. The molecule has 0 nitrogen and oxygen atoms in total. The summed E-state index contributed by atoms with van der Waals surface area (Å²) in [5, 5.41) is 4.01. The number of fused-ring (bicyclic) bond motifs is 1. The zero-order valence-corrected chi connectivity index (χ0v) is 10.5. The number of hydrogen-bond acceptors (Lipinski definition) is 1. The Morgan fingerprint density at radius 2 is 1.92 bits per heavy atom. The van der Waals surface area contributed by atoms with Crippen molar-refractivity contribution >= 4 is 64.9 Å². The Bertz CT molecular complexity index is 436. The monoisotopic (exact) mass is 324 g/mol. The first-order valence-corrected chi connectivity index (χ1v) is 6.05. The molecule has 0 aliphatic heterocycles. The molecule has 0 saturated carbocycles. The molecule has 62 valence electrons. The van der Waals surface area contributed by atoms with Crippen LogP contribution in [0.5, 0.6) is 0 Å². The fourth-order valence-electron chi connectivity index (χ4n) is 1.04. The molecule has 1 aromatic heterocycles. The van der Waals surface area contributed by atoms with Crippen molar-refractivity contribution in [2.24, 2.45) is 0 Å². The summed E-state index contributed by atoms with van der Waals surface area (Å²) in [7, 11) is 0. The van der Waals surface area contributed by atoms with Gasteiger partial charge in [-0.25, -0.2) is 0 Å². The molecule has 4 heteroatoms. The van der Waals surface area contributed by atoms with Gasteiger partial charge in [0, 0.05) is 19.7 Å². The highest BCUT2D eigenvalue weighted by Gasteiger charge is 2.07. The second-order valence-corrected chi connectivity index (χ2v) is 5.31. The minimum atomic E-state index is 0.809. The van der Waals surface area contributed by atoms with Crippen LogP contribution < -0.4 is 0 Å². The van der Waals surface area contributed by atoms with Gasteiger partial charge in [-0.1, -0.05) is 27.5 Å². The van der Waals surface area contributed by atoms with Gasteiger partial charge in [0.05, 0.1) is 9.72 Å². The summed E-state index contributed by atoms with van der Waals surface area (Å²) in [6, 6.07) is 3.86. The van der Waals surface area contributed by atoms with Gasteiger partial charge in [0.15, 0.2) is 0 Å². The van der Waals surface area contributed by atoms with E-state index in [0.29, 0.717) is 0 Å². The van der Waals surface area contributed by atoms with Gasteiger partial charge in [0.25, 0.3) is 0 Å². The molecule has 0 saturated heterocycles. The van der Waals surface area contributed by atoms with E-state index in [-0.39, 0.29) is 0 Å². The van der Waals surface area contributed by atoms with Gasteiger partial charge >= 0.3 is 0 Å². The summed E-state index contributed by atoms with van der Waals surface area (Å²) in [4.78, 5) is 0. The summed E-state index contributed by atoms with van der Waals surface area (Å²) in [5.41, 5.74) is 0. The van der Waals surface area contributed by atoms with Crippen molar-refractivity contribution in [2.45, 2.75) is 0 Å². The molecule has 0 aliphatic carbocycles. The molecule has 1 aromatic carbocycles. The number of rotatable bonds is 0. The zero-order chi connectivity index (χ0) is 8.72. The summed E-state index contributed by atoms with van der Waals surface area (Å²) in [6.07, 6.45) is 0. The van der Waals surface area contributed by atoms with E-state index in [2.05, 4.69) is 31.9 Å². The van der Waals surface area contributed by atoms with E-state index in [1.807, 2.05) is 17.5 Å². The molecule has 0 amide bonds. The van der Waals surface area contributed by atoms with Crippen LogP contribution in [0.2, 0.25) is 5.02 Å². The molecule has 0 spiro atoms. The smallest absolute Gasteiger partial charge is 0.0585 e. The molecule has 0 N–H and O–H groups in total. The highest BCUT2D eigenvalue weighted by molar-refractivity contribution is 9.11. The lowest BCUT2D eigenvalue weighted by atomic mass is 10.3. The van der Waals surface area contributed by atoms with Crippen LogP contribution in [0.3, 0.4) is 0 Å². The Morgan fingerprint density at radius 3 is 2.58 bits per heavy atom. The molecule has 2 aromatic rings. The highest BCUT2D eigenvalue weighted by atomic mass is 79.9. The molecule has 12 heavy (non-hydrogen) atoms. The van der Waals surface area contributed by atoms with Crippen molar-refractivity contribution in [3.05, 3.63) is 31.5 Å².